The van der Waals surface area contributed by atoms with Crippen LogP contribution in [0.3, 0.4) is 0 Å². The minimum Gasteiger partial charge on any atom is -0.456 e. The Morgan fingerprint density at radius 2 is 1.60 bits per heavy atom. The van der Waals surface area contributed by atoms with Crippen molar-refractivity contribution in [2.75, 3.05) is 5.32 Å². The van der Waals surface area contributed by atoms with E-state index in [0.717, 1.165) is 5.56 Å². The van der Waals surface area contributed by atoms with Gasteiger partial charge in [-0.25, -0.2) is 0 Å². The molecule has 0 saturated carbocycles. The second kappa shape index (κ2) is 8.11. The van der Waals surface area contributed by atoms with E-state index in [1.165, 1.54) is 24.3 Å². The number of H-pyrrole nitrogens is 1. The van der Waals surface area contributed by atoms with Gasteiger partial charge in [-0.3, -0.25) is 10.1 Å². The summed E-state index contributed by atoms with van der Waals surface area (Å²) in [7, 11) is 0. The van der Waals surface area contributed by atoms with Crippen molar-refractivity contribution in [3.8, 4) is 28.6 Å². The summed E-state index contributed by atoms with van der Waals surface area (Å²) in [6, 6.07) is 16.1. The highest BCUT2D eigenvalue weighted by molar-refractivity contribution is 5.60. The van der Waals surface area contributed by atoms with Gasteiger partial charge in [0.25, 0.3) is 0 Å². The predicted molar refractivity (Wildman–Crippen MR) is 103 cm³/mol. The first-order valence-electron chi connectivity index (χ1n) is 8.68. The van der Waals surface area contributed by atoms with E-state index in [4.69, 9.17) is 4.74 Å². The van der Waals surface area contributed by atoms with Crippen molar-refractivity contribution in [1.29, 1.82) is 0 Å². The third-order valence-corrected chi connectivity index (χ3v) is 3.83. The second-order valence-electron chi connectivity index (χ2n) is 6.02. The molecule has 0 spiro atoms. The van der Waals surface area contributed by atoms with E-state index < -0.39 is 6.36 Å². The summed E-state index contributed by atoms with van der Waals surface area (Å²) in [4.78, 5) is 8.32. The van der Waals surface area contributed by atoms with Crippen LogP contribution in [0.1, 0.15) is 0 Å². The van der Waals surface area contributed by atoms with Crippen LogP contribution in [-0.2, 0) is 0 Å². The number of nitrogens with zero attached hydrogens (tertiary/aromatic N) is 3. The summed E-state index contributed by atoms with van der Waals surface area (Å²) in [6.45, 7) is 0. The number of hydrogen-bond donors (Lipinski definition) is 2. The first-order valence-corrected chi connectivity index (χ1v) is 8.68. The van der Waals surface area contributed by atoms with Crippen LogP contribution >= 0.6 is 0 Å². The molecule has 2 heterocycles. The van der Waals surface area contributed by atoms with Gasteiger partial charge in [0, 0.05) is 17.4 Å². The van der Waals surface area contributed by atoms with Crippen LogP contribution in [0.15, 0.2) is 73.1 Å². The topological polar surface area (TPSA) is 85.0 Å². The SMILES string of the molecule is FC(F)(F)Oc1ccc(Nc2n[nH]c(-c3ccc(Oc4cccnc4)cc3)n2)cc1. The lowest BCUT2D eigenvalue weighted by Crippen LogP contribution is -2.16. The molecule has 0 saturated heterocycles. The van der Waals surface area contributed by atoms with Gasteiger partial charge >= 0.3 is 6.36 Å². The molecule has 0 amide bonds. The number of nitrogens with one attached hydrogen (secondary N) is 2. The Morgan fingerprint density at radius 1 is 0.867 bits per heavy atom. The van der Waals surface area contributed by atoms with Crippen molar-refractivity contribution in [3.05, 3.63) is 73.1 Å². The van der Waals surface area contributed by atoms with Crippen LogP contribution < -0.4 is 14.8 Å². The smallest absolute Gasteiger partial charge is 0.456 e. The highest BCUT2D eigenvalue weighted by Crippen LogP contribution is 2.26. The van der Waals surface area contributed by atoms with Gasteiger partial charge in [0.05, 0.1) is 6.20 Å². The largest absolute Gasteiger partial charge is 0.573 e. The van der Waals surface area contributed by atoms with Gasteiger partial charge in [0.1, 0.15) is 17.2 Å². The fraction of sp³-hybridized carbons (Fsp3) is 0.0500. The van der Waals surface area contributed by atoms with E-state index in [2.05, 4.69) is 30.2 Å². The Hall–Kier alpha value is -4.08. The molecule has 0 aliphatic rings. The molecule has 0 atom stereocenters. The predicted octanol–water partition coefficient (Wildman–Crippen LogP) is 5.30. The van der Waals surface area contributed by atoms with Crippen LogP contribution in [0, 0.1) is 0 Å². The van der Waals surface area contributed by atoms with Gasteiger partial charge < -0.3 is 14.8 Å². The Morgan fingerprint density at radius 3 is 2.27 bits per heavy atom. The zero-order valence-electron chi connectivity index (χ0n) is 15.2. The quantitative estimate of drug-likeness (QED) is 0.446. The van der Waals surface area contributed by atoms with Crippen LogP contribution in [0.5, 0.6) is 17.2 Å². The molecule has 10 heteroatoms. The fourth-order valence-corrected chi connectivity index (χ4v) is 2.54. The molecule has 2 aromatic heterocycles. The number of rotatable bonds is 6. The Balaban J connectivity index is 1.40. The van der Waals surface area contributed by atoms with Crippen molar-refractivity contribution < 1.29 is 22.6 Å². The second-order valence-corrected chi connectivity index (χ2v) is 6.02. The Labute approximate surface area is 168 Å². The number of alkyl halides is 3. The summed E-state index contributed by atoms with van der Waals surface area (Å²) in [5.74, 6) is 1.75. The molecule has 0 aliphatic carbocycles. The molecule has 0 radical (unpaired) electrons. The molecular weight excluding hydrogens is 399 g/mol. The average molecular weight is 413 g/mol. The highest BCUT2D eigenvalue weighted by atomic mass is 19.4. The van der Waals surface area contributed by atoms with Gasteiger partial charge in [-0.05, 0) is 60.7 Å². The van der Waals surface area contributed by atoms with Crippen LogP contribution in [0.2, 0.25) is 0 Å². The Bertz CT molecular complexity index is 1100. The van der Waals surface area contributed by atoms with E-state index >= 15 is 0 Å². The van der Waals surface area contributed by atoms with Crippen LogP contribution in [0.4, 0.5) is 24.8 Å². The monoisotopic (exact) mass is 413 g/mol. The van der Waals surface area contributed by atoms with Crippen molar-refractivity contribution >= 4 is 11.6 Å². The summed E-state index contributed by atoms with van der Waals surface area (Å²) in [6.07, 6.45) is -1.45. The molecule has 0 aliphatic heterocycles. The zero-order valence-corrected chi connectivity index (χ0v) is 15.2. The molecule has 2 aromatic carbocycles. The first-order chi connectivity index (χ1) is 14.4. The first kappa shape index (κ1) is 19.2. The molecule has 0 bridgehead atoms. The maximum Gasteiger partial charge on any atom is 0.573 e. The van der Waals surface area contributed by atoms with E-state index in [1.54, 1.807) is 36.7 Å². The van der Waals surface area contributed by atoms with E-state index in [9.17, 15) is 13.2 Å². The lowest BCUT2D eigenvalue weighted by atomic mass is 10.2. The van der Waals surface area contributed by atoms with Gasteiger partial charge in [0.2, 0.25) is 5.95 Å². The molecule has 4 rings (SSSR count). The molecule has 2 N–H and O–H groups in total. The van der Waals surface area contributed by atoms with Gasteiger partial charge in [-0.1, -0.05) is 0 Å². The van der Waals surface area contributed by atoms with Crippen molar-refractivity contribution in [2.24, 2.45) is 0 Å². The maximum absolute atomic E-state index is 12.2. The Kier molecular flexibility index (Phi) is 5.21. The summed E-state index contributed by atoms with van der Waals surface area (Å²) in [5, 5.41) is 9.77. The maximum atomic E-state index is 12.2. The lowest BCUT2D eigenvalue weighted by Gasteiger charge is -2.09. The third-order valence-electron chi connectivity index (χ3n) is 3.83. The number of anilines is 2. The zero-order chi connectivity index (χ0) is 21.0. The van der Waals surface area contributed by atoms with Crippen LogP contribution in [-0.4, -0.2) is 26.5 Å². The minimum atomic E-state index is -4.73. The van der Waals surface area contributed by atoms with E-state index in [1.807, 2.05) is 12.1 Å². The molecule has 4 aromatic rings. The average Bonchev–Trinajstić information content (AvgIpc) is 3.18. The van der Waals surface area contributed by atoms with Gasteiger partial charge in [-0.15, -0.1) is 18.3 Å². The number of benzene rings is 2. The molecule has 0 fully saturated rings. The van der Waals surface area contributed by atoms with E-state index in [0.29, 0.717) is 23.0 Å². The number of aromatic nitrogens is 4. The third kappa shape index (κ3) is 5.04. The highest BCUT2D eigenvalue weighted by Gasteiger charge is 2.30. The van der Waals surface area contributed by atoms with Crippen molar-refractivity contribution in [2.45, 2.75) is 6.36 Å². The lowest BCUT2D eigenvalue weighted by molar-refractivity contribution is -0.274. The standard InChI is InChI=1S/C20H14F3N5O2/c21-20(22,23)30-16-9-5-14(6-10-16)25-19-26-18(27-28-19)13-3-7-15(8-4-13)29-17-2-1-11-24-12-17/h1-12H,(H2,25,26,27,28). The molecular formula is C20H14F3N5O2. The number of aromatic amines is 1. The van der Waals surface area contributed by atoms with Gasteiger partial charge in [0.15, 0.2) is 5.82 Å². The van der Waals surface area contributed by atoms with E-state index in [-0.39, 0.29) is 11.7 Å². The van der Waals surface area contributed by atoms with Crippen molar-refractivity contribution in [1.82, 2.24) is 20.2 Å². The summed E-state index contributed by atoms with van der Waals surface area (Å²) >= 11 is 0. The molecule has 0 unspecified atom stereocenters. The number of halogens is 3. The number of pyridine rings is 1. The molecule has 152 valence electrons. The summed E-state index contributed by atoms with van der Waals surface area (Å²) in [5.41, 5.74) is 1.29. The van der Waals surface area contributed by atoms with Gasteiger partial charge in [-0.2, -0.15) is 4.98 Å². The number of ether oxygens (including phenoxy) is 2. The minimum absolute atomic E-state index is 0.269. The van der Waals surface area contributed by atoms with Crippen molar-refractivity contribution in [3.63, 3.8) is 0 Å². The molecule has 30 heavy (non-hydrogen) atoms. The van der Waals surface area contributed by atoms with Crippen LogP contribution in [0.25, 0.3) is 11.4 Å². The molecule has 7 nitrogen and oxygen atoms in total. The summed E-state index contributed by atoms with van der Waals surface area (Å²) < 4.78 is 46.2. The number of hydrogen-bond acceptors (Lipinski definition) is 6. The fourth-order valence-electron chi connectivity index (χ4n) is 2.54. The normalized spacial score (nSPS) is 11.2.